The van der Waals surface area contributed by atoms with E-state index in [1.807, 2.05) is 19.9 Å². The molecule has 0 radical (unpaired) electrons. The third kappa shape index (κ3) is 8.14. The van der Waals surface area contributed by atoms with Crippen molar-refractivity contribution in [2.75, 3.05) is 6.61 Å². The lowest BCUT2D eigenvalue weighted by molar-refractivity contribution is -0.132. The molecule has 0 aliphatic heterocycles. The summed E-state index contributed by atoms with van der Waals surface area (Å²) in [5, 5.41) is 7.60. The monoisotopic (exact) mass is 411 g/mol. The standard InChI is InChI=1S/C22H25N3O5/c1-15(2)24-22(29)23-13-17-8-10-18(11-9-17)21(28)30-14-20(27)25-19(26)12-16-6-4-3-5-7-16/h3-11,15H,12-14H2,1-2H3,(H2,23,24,29)(H,25,26,27). The molecule has 0 saturated carbocycles. The van der Waals surface area contributed by atoms with Crippen LogP contribution in [0.5, 0.6) is 0 Å². The summed E-state index contributed by atoms with van der Waals surface area (Å²) in [6, 6.07) is 15.2. The number of amides is 4. The van der Waals surface area contributed by atoms with Gasteiger partial charge < -0.3 is 15.4 Å². The zero-order valence-corrected chi connectivity index (χ0v) is 16.9. The minimum absolute atomic E-state index is 0.0352. The van der Waals surface area contributed by atoms with E-state index in [1.54, 1.807) is 36.4 Å². The molecule has 2 aromatic carbocycles. The van der Waals surface area contributed by atoms with Gasteiger partial charge in [-0.3, -0.25) is 14.9 Å². The van der Waals surface area contributed by atoms with E-state index in [1.165, 1.54) is 12.1 Å². The van der Waals surface area contributed by atoms with Crippen LogP contribution in [-0.4, -0.2) is 36.5 Å². The average molecular weight is 411 g/mol. The van der Waals surface area contributed by atoms with Crippen LogP contribution < -0.4 is 16.0 Å². The molecule has 0 aliphatic carbocycles. The van der Waals surface area contributed by atoms with Crippen molar-refractivity contribution in [3.05, 3.63) is 71.3 Å². The Morgan fingerprint density at radius 2 is 1.53 bits per heavy atom. The van der Waals surface area contributed by atoms with Crippen molar-refractivity contribution in [1.82, 2.24) is 16.0 Å². The van der Waals surface area contributed by atoms with Crippen LogP contribution in [0.25, 0.3) is 0 Å². The summed E-state index contributed by atoms with van der Waals surface area (Å²) in [4.78, 5) is 47.3. The molecule has 0 aliphatic rings. The Kier molecular flexibility index (Phi) is 8.56. The predicted molar refractivity (Wildman–Crippen MR) is 111 cm³/mol. The van der Waals surface area contributed by atoms with Crippen LogP contribution in [0.4, 0.5) is 4.79 Å². The van der Waals surface area contributed by atoms with Crippen molar-refractivity contribution in [3.8, 4) is 0 Å². The highest BCUT2D eigenvalue weighted by atomic mass is 16.5. The van der Waals surface area contributed by atoms with Crippen LogP contribution in [0.3, 0.4) is 0 Å². The molecular weight excluding hydrogens is 386 g/mol. The number of esters is 1. The Hall–Kier alpha value is -3.68. The maximum atomic E-state index is 12.1. The highest BCUT2D eigenvalue weighted by Gasteiger charge is 2.13. The molecule has 4 amide bonds. The molecule has 158 valence electrons. The number of rotatable bonds is 8. The average Bonchev–Trinajstić information content (AvgIpc) is 2.71. The Balaban J connectivity index is 1.74. The maximum absolute atomic E-state index is 12.1. The lowest BCUT2D eigenvalue weighted by Gasteiger charge is -2.10. The van der Waals surface area contributed by atoms with Crippen molar-refractivity contribution in [3.63, 3.8) is 0 Å². The molecule has 0 atom stereocenters. The molecule has 0 bridgehead atoms. The summed E-state index contributed by atoms with van der Waals surface area (Å²) in [6.07, 6.45) is 0.0607. The molecule has 2 aromatic rings. The Labute approximate surface area is 175 Å². The van der Waals surface area contributed by atoms with E-state index >= 15 is 0 Å². The second-order valence-corrected chi connectivity index (χ2v) is 6.89. The van der Waals surface area contributed by atoms with Crippen LogP contribution in [-0.2, 0) is 27.3 Å². The van der Waals surface area contributed by atoms with Gasteiger partial charge in [0.05, 0.1) is 12.0 Å². The highest BCUT2D eigenvalue weighted by molar-refractivity contribution is 5.98. The lowest BCUT2D eigenvalue weighted by atomic mass is 10.1. The van der Waals surface area contributed by atoms with Crippen LogP contribution in [0.15, 0.2) is 54.6 Å². The number of nitrogens with one attached hydrogen (secondary N) is 3. The number of ether oxygens (including phenoxy) is 1. The largest absolute Gasteiger partial charge is 0.452 e. The quantitative estimate of drug-likeness (QED) is 0.575. The molecule has 3 N–H and O–H groups in total. The first-order valence-electron chi connectivity index (χ1n) is 9.50. The van der Waals surface area contributed by atoms with Gasteiger partial charge in [0.15, 0.2) is 6.61 Å². The molecule has 2 rings (SSSR count). The number of imide groups is 1. The number of carbonyl (C=O) groups excluding carboxylic acids is 4. The van der Waals surface area contributed by atoms with Gasteiger partial charge in [-0.2, -0.15) is 0 Å². The highest BCUT2D eigenvalue weighted by Crippen LogP contribution is 2.06. The zero-order chi connectivity index (χ0) is 21.9. The number of urea groups is 1. The van der Waals surface area contributed by atoms with E-state index in [9.17, 15) is 19.2 Å². The van der Waals surface area contributed by atoms with Crippen LogP contribution in [0, 0.1) is 0 Å². The number of carbonyl (C=O) groups is 4. The lowest BCUT2D eigenvalue weighted by Crippen LogP contribution is -2.39. The molecule has 30 heavy (non-hydrogen) atoms. The molecule has 8 nitrogen and oxygen atoms in total. The van der Waals surface area contributed by atoms with Crippen molar-refractivity contribution in [1.29, 1.82) is 0 Å². The Morgan fingerprint density at radius 1 is 0.867 bits per heavy atom. The summed E-state index contributed by atoms with van der Waals surface area (Å²) in [5.74, 6) is -1.85. The Bertz CT molecular complexity index is 879. The van der Waals surface area contributed by atoms with Crippen molar-refractivity contribution < 1.29 is 23.9 Å². The van der Waals surface area contributed by atoms with Gasteiger partial charge in [-0.15, -0.1) is 0 Å². The number of hydrogen-bond donors (Lipinski definition) is 3. The minimum Gasteiger partial charge on any atom is -0.452 e. The van der Waals surface area contributed by atoms with Gasteiger partial charge in [-0.25, -0.2) is 9.59 Å². The van der Waals surface area contributed by atoms with E-state index < -0.39 is 24.4 Å². The van der Waals surface area contributed by atoms with E-state index in [2.05, 4.69) is 16.0 Å². The molecule has 0 unspecified atom stereocenters. The summed E-state index contributed by atoms with van der Waals surface area (Å²) in [6.45, 7) is 3.47. The van der Waals surface area contributed by atoms with Crippen molar-refractivity contribution in [2.24, 2.45) is 0 Å². The molecule has 0 heterocycles. The van der Waals surface area contributed by atoms with Gasteiger partial charge in [-0.1, -0.05) is 42.5 Å². The number of hydrogen-bond acceptors (Lipinski definition) is 5. The normalized spacial score (nSPS) is 10.2. The molecule has 0 spiro atoms. The summed E-state index contributed by atoms with van der Waals surface area (Å²) in [5.41, 5.74) is 1.83. The fourth-order valence-corrected chi connectivity index (χ4v) is 2.49. The van der Waals surface area contributed by atoms with Gasteiger partial charge in [-0.05, 0) is 37.1 Å². The van der Waals surface area contributed by atoms with Crippen LogP contribution >= 0.6 is 0 Å². The maximum Gasteiger partial charge on any atom is 0.338 e. The fourth-order valence-electron chi connectivity index (χ4n) is 2.49. The zero-order valence-electron chi connectivity index (χ0n) is 16.9. The molecule has 0 aromatic heterocycles. The van der Waals surface area contributed by atoms with Gasteiger partial charge in [0.2, 0.25) is 5.91 Å². The summed E-state index contributed by atoms with van der Waals surface area (Å²) in [7, 11) is 0. The van der Waals surface area contributed by atoms with E-state index in [-0.39, 0.29) is 24.1 Å². The topological polar surface area (TPSA) is 114 Å². The van der Waals surface area contributed by atoms with Crippen molar-refractivity contribution in [2.45, 2.75) is 32.9 Å². The van der Waals surface area contributed by atoms with Gasteiger partial charge in [0.1, 0.15) is 0 Å². The fraction of sp³-hybridized carbons (Fsp3) is 0.273. The minimum atomic E-state index is -0.693. The third-order valence-electron chi connectivity index (χ3n) is 3.88. The molecular formula is C22H25N3O5. The second kappa shape index (κ2) is 11.4. The van der Waals surface area contributed by atoms with E-state index in [0.717, 1.165) is 11.1 Å². The van der Waals surface area contributed by atoms with Crippen molar-refractivity contribution >= 4 is 23.8 Å². The van der Waals surface area contributed by atoms with E-state index in [0.29, 0.717) is 6.54 Å². The molecule has 0 fully saturated rings. The van der Waals surface area contributed by atoms with Gasteiger partial charge in [0, 0.05) is 12.6 Å². The van der Waals surface area contributed by atoms with E-state index in [4.69, 9.17) is 4.74 Å². The van der Waals surface area contributed by atoms with Crippen LogP contribution in [0.2, 0.25) is 0 Å². The third-order valence-corrected chi connectivity index (χ3v) is 3.88. The summed E-state index contributed by atoms with van der Waals surface area (Å²) < 4.78 is 4.94. The first-order chi connectivity index (χ1) is 14.3. The summed E-state index contributed by atoms with van der Waals surface area (Å²) >= 11 is 0. The van der Waals surface area contributed by atoms with Crippen LogP contribution in [0.1, 0.15) is 35.3 Å². The smallest absolute Gasteiger partial charge is 0.338 e. The van der Waals surface area contributed by atoms with Gasteiger partial charge in [0.25, 0.3) is 5.91 Å². The molecule has 0 saturated heterocycles. The Morgan fingerprint density at radius 3 is 2.17 bits per heavy atom. The van der Waals surface area contributed by atoms with Gasteiger partial charge >= 0.3 is 12.0 Å². The number of benzene rings is 2. The first kappa shape index (κ1) is 22.6. The first-order valence-corrected chi connectivity index (χ1v) is 9.50. The SMILES string of the molecule is CC(C)NC(=O)NCc1ccc(C(=O)OCC(=O)NC(=O)Cc2ccccc2)cc1. The second-order valence-electron chi connectivity index (χ2n) is 6.89. The molecule has 8 heteroatoms. The predicted octanol–water partition coefficient (Wildman–Crippen LogP) is 1.94.